The van der Waals surface area contributed by atoms with E-state index in [1.807, 2.05) is 107 Å². The van der Waals surface area contributed by atoms with E-state index in [-0.39, 0.29) is 29.7 Å². The lowest BCUT2D eigenvalue weighted by molar-refractivity contribution is -0.110. The maximum absolute atomic E-state index is 14.3. The van der Waals surface area contributed by atoms with E-state index in [0.717, 1.165) is 55.4 Å². The molecule has 0 bridgehead atoms. The monoisotopic (exact) mass is 714 g/mol. The molecular weight excluding hydrogens is 673 g/mol. The number of fused-ring (bicyclic) bond motifs is 2. The minimum Gasteiger partial charge on any atom is -0.370 e. The summed E-state index contributed by atoms with van der Waals surface area (Å²) in [7, 11) is 1.74. The molecular formula is C47H42N2O5. The van der Waals surface area contributed by atoms with Crippen LogP contribution < -0.4 is 4.90 Å². The Morgan fingerprint density at radius 3 is 1.74 bits per heavy atom. The van der Waals surface area contributed by atoms with Gasteiger partial charge in [0, 0.05) is 45.8 Å². The number of benzene rings is 7. The summed E-state index contributed by atoms with van der Waals surface area (Å²) in [6.07, 6.45) is 0.728. The Morgan fingerprint density at radius 1 is 0.667 bits per heavy atom. The summed E-state index contributed by atoms with van der Waals surface area (Å²) in [5, 5.41) is 6.13. The van der Waals surface area contributed by atoms with Crippen molar-refractivity contribution in [3.63, 3.8) is 0 Å². The van der Waals surface area contributed by atoms with Crippen molar-refractivity contribution in [2.24, 2.45) is 5.92 Å². The average Bonchev–Trinajstić information content (AvgIpc) is 3.18. The van der Waals surface area contributed by atoms with Gasteiger partial charge < -0.3 is 9.64 Å². The van der Waals surface area contributed by atoms with Crippen molar-refractivity contribution < 1.29 is 23.9 Å². The number of aldehydes is 1. The van der Waals surface area contributed by atoms with Crippen LogP contribution in [0, 0.1) is 5.92 Å². The molecule has 7 aromatic carbocycles. The summed E-state index contributed by atoms with van der Waals surface area (Å²) >= 11 is 0. The summed E-state index contributed by atoms with van der Waals surface area (Å²) < 4.78 is 6.42. The molecule has 2 unspecified atom stereocenters. The van der Waals surface area contributed by atoms with Crippen molar-refractivity contribution >= 4 is 72.8 Å². The summed E-state index contributed by atoms with van der Waals surface area (Å²) in [4.78, 5) is 58.6. The SMILES string of the molecule is CC(C)C(C)OC(C)(C)C(C)N1C(=O)c2ccc3c4ccc(C=O)c5c(C(=O)N(C)c6ccc(-c7ccccc7)cc6)ccc(c6ccc(c2c36)C1=O)c54. The number of carbonyl (C=O) groups is 4. The van der Waals surface area contributed by atoms with Gasteiger partial charge >= 0.3 is 0 Å². The molecule has 7 heteroatoms. The molecule has 1 aliphatic rings. The summed E-state index contributed by atoms with van der Waals surface area (Å²) in [6.45, 7) is 11.9. The summed E-state index contributed by atoms with van der Waals surface area (Å²) in [5.74, 6) is -0.690. The topological polar surface area (TPSA) is 84.0 Å². The average molecular weight is 715 g/mol. The summed E-state index contributed by atoms with van der Waals surface area (Å²) in [5.41, 5.74) is 3.80. The Kier molecular flexibility index (Phi) is 8.38. The molecule has 0 spiro atoms. The zero-order chi connectivity index (χ0) is 38.2. The second-order valence-electron chi connectivity index (χ2n) is 15.4. The van der Waals surface area contributed by atoms with Crippen LogP contribution in [0.15, 0.2) is 103 Å². The lowest BCUT2D eigenvalue weighted by Gasteiger charge is -2.42. The molecule has 3 amide bonds. The zero-order valence-corrected chi connectivity index (χ0v) is 31.6. The number of imide groups is 1. The van der Waals surface area contributed by atoms with Crippen molar-refractivity contribution in [3.05, 3.63) is 125 Å². The molecule has 0 aromatic heterocycles. The summed E-state index contributed by atoms with van der Waals surface area (Å²) in [6, 6.07) is 32.2. The fraction of sp³-hybridized carbons (Fsp3) is 0.234. The van der Waals surface area contributed by atoms with Gasteiger partial charge in [0.15, 0.2) is 6.29 Å². The van der Waals surface area contributed by atoms with Crippen LogP contribution in [0.1, 0.15) is 83.0 Å². The number of anilines is 1. The first-order valence-corrected chi connectivity index (χ1v) is 18.5. The number of hydrogen-bond donors (Lipinski definition) is 0. The van der Waals surface area contributed by atoms with Crippen LogP contribution in [0.2, 0.25) is 0 Å². The molecule has 0 N–H and O–H groups in total. The Balaban J connectivity index is 1.25. The lowest BCUT2D eigenvalue weighted by atomic mass is 9.82. The second-order valence-corrected chi connectivity index (χ2v) is 15.4. The molecule has 7 nitrogen and oxygen atoms in total. The highest BCUT2D eigenvalue weighted by atomic mass is 16.5. The van der Waals surface area contributed by atoms with Crippen LogP contribution in [-0.2, 0) is 4.74 Å². The van der Waals surface area contributed by atoms with Gasteiger partial charge in [-0.15, -0.1) is 0 Å². The normalized spacial score (nSPS) is 14.5. The molecule has 270 valence electrons. The van der Waals surface area contributed by atoms with Crippen LogP contribution >= 0.6 is 0 Å². The van der Waals surface area contributed by atoms with Crippen molar-refractivity contribution in [2.45, 2.75) is 59.3 Å². The van der Waals surface area contributed by atoms with Crippen LogP contribution in [0.5, 0.6) is 0 Å². The standard InChI is InChI=1S/C47H42N2O5/c1-26(2)27(3)54-47(5,6)28(4)49-45(52)38-23-20-35-33-18-15-31(25-50)40-37(22-19-34(41(33)40)36-21-24-39(46(49)53)43(38)42(35)36)44(51)48(7)32-16-13-30(14-17-32)29-11-9-8-10-12-29/h8-28H,1-7H3. The van der Waals surface area contributed by atoms with E-state index in [4.69, 9.17) is 4.74 Å². The highest BCUT2D eigenvalue weighted by Crippen LogP contribution is 2.46. The fourth-order valence-electron chi connectivity index (χ4n) is 8.08. The largest absolute Gasteiger partial charge is 0.370 e. The van der Waals surface area contributed by atoms with Gasteiger partial charge in [0.05, 0.1) is 17.7 Å². The maximum atomic E-state index is 14.3. The lowest BCUT2D eigenvalue weighted by Crippen LogP contribution is -2.56. The van der Waals surface area contributed by atoms with E-state index < -0.39 is 11.6 Å². The Morgan fingerprint density at radius 2 is 1.19 bits per heavy atom. The molecule has 0 aliphatic carbocycles. The number of hydrogen-bond acceptors (Lipinski definition) is 5. The zero-order valence-electron chi connectivity index (χ0n) is 31.6. The number of amides is 3. The van der Waals surface area contributed by atoms with Crippen LogP contribution in [0.3, 0.4) is 0 Å². The fourth-order valence-corrected chi connectivity index (χ4v) is 8.08. The van der Waals surface area contributed by atoms with Gasteiger partial charge in [0.1, 0.15) is 0 Å². The highest BCUT2D eigenvalue weighted by molar-refractivity contribution is 6.40. The third-order valence-corrected chi connectivity index (χ3v) is 11.7. The van der Waals surface area contributed by atoms with E-state index in [9.17, 15) is 19.2 Å². The Labute approximate surface area is 314 Å². The third kappa shape index (κ3) is 5.29. The number of ether oxygens (including phenoxy) is 1. The van der Waals surface area contributed by atoms with E-state index in [2.05, 4.69) is 13.8 Å². The Bertz CT molecular complexity index is 2590. The number of rotatable bonds is 9. The molecule has 1 aliphatic heterocycles. The van der Waals surface area contributed by atoms with Gasteiger partial charge in [-0.3, -0.25) is 24.1 Å². The van der Waals surface area contributed by atoms with Crippen molar-refractivity contribution in [2.75, 3.05) is 11.9 Å². The highest BCUT2D eigenvalue weighted by Gasteiger charge is 2.43. The first-order valence-electron chi connectivity index (χ1n) is 18.5. The first kappa shape index (κ1) is 35.1. The Hall–Kier alpha value is -5.92. The first-order chi connectivity index (χ1) is 25.8. The second kappa shape index (κ2) is 12.9. The van der Waals surface area contributed by atoms with Gasteiger partial charge in [0.2, 0.25) is 0 Å². The number of carbonyl (C=O) groups excluding carboxylic acids is 4. The van der Waals surface area contributed by atoms with E-state index >= 15 is 0 Å². The van der Waals surface area contributed by atoms with E-state index in [1.54, 1.807) is 36.2 Å². The van der Waals surface area contributed by atoms with E-state index in [1.165, 1.54) is 4.90 Å². The molecule has 8 rings (SSSR count). The third-order valence-electron chi connectivity index (χ3n) is 11.7. The molecule has 0 fully saturated rings. The minimum atomic E-state index is -0.795. The molecule has 0 radical (unpaired) electrons. The minimum absolute atomic E-state index is 0.0682. The van der Waals surface area contributed by atoms with Crippen LogP contribution in [0.4, 0.5) is 5.69 Å². The molecule has 54 heavy (non-hydrogen) atoms. The molecule has 0 saturated carbocycles. The van der Waals surface area contributed by atoms with Gasteiger partial charge in [0.25, 0.3) is 17.7 Å². The molecule has 7 aromatic rings. The molecule has 1 heterocycles. The van der Waals surface area contributed by atoms with Gasteiger partial charge in [-0.25, -0.2) is 0 Å². The molecule has 0 saturated heterocycles. The van der Waals surface area contributed by atoms with Gasteiger partial charge in [-0.2, -0.15) is 0 Å². The number of nitrogens with zero attached hydrogens (tertiary/aromatic N) is 2. The maximum Gasteiger partial charge on any atom is 0.261 e. The van der Waals surface area contributed by atoms with E-state index in [0.29, 0.717) is 33.0 Å². The van der Waals surface area contributed by atoms with Crippen LogP contribution in [0.25, 0.3) is 54.2 Å². The quantitative estimate of drug-likeness (QED) is 0.0643. The van der Waals surface area contributed by atoms with Crippen molar-refractivity contribution in [1.82, 2.24) is 4.90 Å². The predicted molar refractivity (Wildman–Crippen MR) is 217 cm³/mol. The van der Waals surface area contributed by atoms with Crippen LogP contribution in [-0.4, -0.2) is 53.7 Å². The van der Waals surface area contributed by atoms with Crippen molar-refractivity contribution in [1.29, 1.82) is 0 Å². The van der Waals surface area contributed by atoms with Crippen molar-refractivity contribution in [3.8, 4) is 11.1 Å². The van der Waals surface area contributed by atoms with Gasteiger partial charge in [-0.1, -0.05) is 86.6 Å². The smallest absolute Gasteiger partial charge is 0.261 e. The predicted octanol–water partition coefficient (Wildman–Crippen LogP) is 10.3. The molecule has 2 atom stereocenters. The van der Waals surface area contributed by atoms with Gasteiger partial charge in [-0.05, 0) is 107 Å².